The minimum atomic E-state index is -0.0308. The highest BCUT2D eigenvalue weighted by Crippen LogP contribution is 2.30. The van der Waals surface area contributed by atoms with Crippen LogP contribution in [0.5, 0.6) is 0 Å². The Balaban J connectivity index is 1.49. The van der Waals surface area contributed by atoms with Crippen molar-refractivity contribution in [2.75, 3.05) is 31.5 Å². The molecule has 24 heavy (non-hydrogen) atoms. The van der Waals surface area contributed by atoms with Crippen LogP contribution in [-0.4, -0.2) is 48.0 Å². The summed E-state index contributed by atoms with van der Waals surface area (Å²) in [5, 5.41) is 9.10. The Morgan fingerprint density at radius 1 is 1.33 bits per heavy atom. The molecular formula is C18H30N4OS. The van der Waals surface area contributed by atoms with Crippen molar-refractivity contribution in [3.8, 4) is 0 Å². The van der Waals surface area contributed by atoms with Crippen LogP contribution in [0.2, 0.25) is 0 Å². The molecule has 1 aromatic heterocycles. The van der Waals surface area contributed by atoms with Crippen molar-refractivity contribution in [1.29, 1.82) is 0 Å². The maximum atomic E-state index is 12.4. The normalized spacial score (nSPS) is 24.6. The van der Waals surface area contributed by atoms with Crippen molar-refractivity contribution in [3.05, 3.63) is 11.1 Å². The molecule has 0 bridgehead atoms. The van der Waals surface area contributed by atoms with Gasteiger partial charge in [0.2, 0.25) is 0 Å². The van der Waals surface area contributed by atoms with Gasteiger partial charge in [0.25, 0.3) is 5.91 Å². The molecule has 2 fully saturated rings. The van der Waals surface area contributed by atoms with Gasteiger partial charge in [-0.2, -0.15) is 0 Å². The first kappa shape index (κ1) is 17.7. The number of carbonyl (C=O) groups is 1. The largest absolute Gasteiger partial charge is 0.361 e. The predicted octanol–water partition coefficient (Wildman–Crippen LogP) is 3.21. The molecule has 2 aliphatic heterocycles. The zero-order valence-corrected chi connectivity index (χ0v) is 15.7. The molecule has 2 atom stereocenters. The van der Waals surface area contributed by atoms with Crippen molar-refractivity contribution in [2.45, 2.75) is 52.0 Å². The molecule has 0 radical (unpaired) electrons. The Hall–Kier alpha value is -1.14. The molecule has 0 aliphatic carbocycles. The Morgan fingerprint density at radius 3 is 3.00 bits per heavy atom. The van der Waals surface area contributed by atoms with E-state index in [0.717, 1.165) is 18.2 Å². The third-order valence-corrected chi connectivity index (χ3v) is 5.95. The first-order valence-electron chi connectivity index (χ1n) is 9.35. The van der Waals surface area contributed by atoms with Crippen LogP contribution in [0, 0.1) is 11.8 Å². The molecular weight excluding hydrogens is 320 g/mol. The number of hydrogen-bond acceptors (Lipinski definition) is 5. The van der Waals surface area contributed by atoms with Gasteiger partial charge in [-0.1, -0.05) is 20.3 Å². The van der Waals surface area contributed by atoms with Gasteiger partial charge in [0, 0.05) is 24.5 Å². The number of thiazole rings is 1. The van der Waals surface area contributed by atoms with Gasteiger partial charge in [0.15, 0.2) is 5.13 Å². The molecule has 1 aromatic rings. The van der Waals surface area contributed by atoms with Gasteiger partial charge in [-0.05, 0) is 50.6 Å². The summed E-state index contributed by atoms with van der Waals surface area (Å²) in [6, 6.07) is 0.673. The molecule has 2 saturated heterocycles. The summed E-state index contributed by atoms with van der Waals surface area (Å²) in [6.07, 6.45) is 6.46. The van der Waals surface area contributed by atoms with E-state index in [-0.39, 0.29) is 5.91 Å². The molecule has 134 valence electrons. The highest BCUT2D eigenvalue weighted by Gasteiger charge is 2.33. The minimum Gasteiger partial charge on any atom is -0.361 e. The SMILES string of the molecule is CC(C)CNc1nc(C(=O)NC[C@H]2CCCN3CCCC[C@H]23)cs1. The van der Waals surface area contributed by atoms with E-state index in [1.807, 2.05) is 5.38 Å². The molecule has 3 rings (SSSR count). The Labute approximate surface area is 149 Å². The van der Waals surface area contributed by atoms with Gasteiger partial charge in [-0.15, -0.1) is 11.3 Å². The van der Waals surface area contributed by atoms with Crippen molar-refractivity contribution >= 4 is 22.4 Å². The predicted molar refractivity (Wildman–Crippen MR) is 99.7 cm³/mol. The average Bonchev–Trinajstić information content (AvgIpc) is 3.07. The summed E-state index contributed by atoms with van der Waals surface area (Å²) in [5.74, 6) is 1.13. The van der Waals surface area contributed by atoms with E-state index in [9.17, 15) is 4.79 Å². The maximum Gasteiger partial charge on any atom is 0.270 e. The lowest BCUT2D eigenvalue weighted by Gasteiger charge is -2.44. The van der Waals surface area contributed by atoms with Crippen LogP contribution in [0.3, 0.4) is 0 Å². The standard InChI is InChI=1S/C18H30N4OS/c1-13(2)10-20-18-21-15(12-24-18)17(23)19-11-14-6-5-9-22-8-4-3-7-16(14)22/h12-14,16H,3-11H2,1-2H3,(H,19,23)(H,20,21)/t14-,16-/m1/s1. The second kappa shape index (κ2) is 8.30. The van der Waals surface area contributed by atoms with Gasteiger partial charge < -0.3 is 15.5 Å². The number of fused-ring (bicyclic) bond motifs is 1. The van der Waals surface area contributed by atoms with E-state index in [2.05, 4.69) is 34.4 Å². The zero-order valence-electron chi connectivity index (χ0n) is 14.9. The Morgan fingerprint density at radius 2 is 2.17 bits per heavy atom. The van der Waals surface area contributed by atoms with Crippen molar-refractivity contribution < 1.29 is 4.79 Å². The van der Waals surface area contributed by atoms with Crippen LogP contribution in [-0.2, 0) is 0 Å². The topological polar surface area (TPSA) is 57.3 Å². The van der Waals surface area contributed by atoms with E-state index < -0.39 is 0 Å². The highest BCUT2D eigenvalue weighted by atomic mass is 32.1. The fourth-order valence-electron chi connectivity index (χ4n) is 3.88. The second-order valence-corrected chi connectivity index (χ2v) is 8.38. The van der Waals surface area contributed by atoms with E-state index in [1.165, 1.54) is 56.5 Å². The van der Waals surface area contributed by atoms with Crippen molar-refractivity contribution in [3.63, 3.8) is 0 Å². The summed E-state index contributed by atoms with van der Waals surface area (Å²) in [5.41, 5.74) is 0.544. The number of hydrogen-bond donors (Lipinski definition) is 2. The number of aromatic nitrogens is 1. The van der Waals surface area contributed by atoms with Crippen molar-refractivity contribution in [2.24, 2.45) is 11.8 Å². The molecule has 0 aromatic carbocycles. The number of piperidine rings is 2. The van der Waals surface area contributed by atoms with Crippen LogP contribution < -0.4 is 10.6 Å². The number of amides is 1. The molecule has 2 aliphatic rings. The molecule has 5 nitrogen and oxygen atoms in total. The molecule has 0 saturated carbocycles. The van der Waals surface area contributed by atoms with E-state index in [0.29, 0.717) is 23.6 Å². The Bertz CT molecular complexity index is 543. The second-order valence-electron chi connectivity index (χ2n) is 7.52. The molecule has 3 heterocycles. The quantitative estimate of drug-likeness (QED) is 0.827. The summed E-state index contributed by atoms with van der Waals surface area (Å²) in [4.78, 5) is 19.4. The fraction of sp³-hybridized carbons (Fsp3) is 0.778. The van der Waals surface area contributed by atoms with Gasteiger partial charge in [-0.3, -0.25) is 4.79 Å². The monoisotopic (exact) mass is 350 g/mol. The third kappa shape index (κ3) is 4.48. The number of anilines is 1. The summed E-state index contributed by atoms with van der Waals surface area (Å²) < 4.78 is 0. The maximum absolute atomic E-state index is 12.4. The van der Waals surface area contributed by atoms with Gasteiger partial charge >= 0.3 is 0 Å². The van der Waals surface area contributed by atoms with Gasteiger partial charge in [-0.25, -0.2) is 4.98 Å². The fourth-order valence-corrected chi connectivity index (χ4v) is 4.58. The first-order valence-corrected chi connectivity index (χ1v) is 10.2. The number of carbonyl (C=O) groups excluding carboxylic acids is 1. The molecule has 0 unspecified atom stereocenters. The van der Waals surface area contributed by atoms with Gasteiger partial charge in [0.1, 0.15) is 5.69 Å². The molecule has 2 N–H and O–H groups in total. The van der Waals surface area contributed by atoms with Crippen LogP contribution in [0.4, 0.5) is 5.13 Å². The van der Waals surface area contributed by atoms with E-state index in [4.69, 9.17) is 0 Å². The highest BCUT2D eigenvalue weighted by molar-refractivity contribution is 7.13. The number of rotatable bonds is 6. The molecule has 6 heteroatoms. The zero-order chi connectivity index (χ0) is 16.9. The lowest BCUT2D eigenvalue weighted by atomic mass is 9.83. The first-order chi connectivity index (χ1) is 11.6. The van der Waals surface area contributed by atoms with Gasteiger partial charge in [0.05, 0.1) is 0 Å². The van der Waals surface area contributed by atoms with E-state index >= 15 is 0 Å². The summed E-state index contributed by atoms with van der Waals surface area (Å²) >= 11 is 1.51. The molecule has 1 amide bonds. The van der Waals surface area contributed by atoms with Crippen molar-refractivity contribution in [1.82, 2.24) is 15.2 Å². The summed E-state index contributed by atoms with van der Waals surface area (Å²) in [6.45, 7) is 8.47. The number of nitrogens with one attached hydrogen (secondary N) is 2. The van der Waals surface area contributed by atoms with Crippen LogP contribution in [0.15, 0.2) is 5.38 Å². The average molecular weight is 351 g/mol. The number of nitrogens with zero attached hydrogens (tertiary/aromatic N) is 2. The Kier molecular flexibility index (Phi) is 6.11. The molecule has 0 spiro atoms. The lowest BCUT2D eigenvalue weighted by Crippen LogP contribution is -2.51. The van der Waals surface area contributed by atoms with Crippen LogP contribution >= 0.6 is 11.3 Å². The minimum absolute atomic E-state index is 0.0308. The smallest absolute Gasteiger partial charge is 0.270 e. The van der Waals surface area contributed by atoms with Crippen LogP contribution in [0.25, 0.3) is 0 Å². The third-order valence-electron chi connectivity index (χ3n) is 5.15. The van der Waals surface area contributed by atoms with Crippen LogP contribution in [0.1, 0.15) is 56.4 Å². The van der Waals surface area contributed by atoms with E-state index in [1.54, 1.807) is 0 Å². The lowest BCUT2D eigenvalue weighted by molar-refractivity contribution is 0.0575. The summed E-state index contributed by atoms with van der Waals surface area (Å²) in [7, 11) is 0.